The monoisotopic (exact) mass is 248 g/mol. The minimum absolute atomic E-state index is 0.171. The van der Waals surface area contributed by atoms with E-state index in [4.69, 9.17) is 17.3 Å². The Labute approximate surface area is 98.5 Å². The van der Waals surface area contributed by atoms with Gasteiger partial charge >= 0.3 is 0 Å². The van der Waals surface area contributed by atoms with Crippen LogP contribution >= 0.6 is 24.2 Å². The van der Waals surface area contributed by atoms with Crippen molar-refractivity contribution in [2.24, 2.45) is 0 Å². The van der Waals surface area contributed by atoms with Crippen LogP contribution in [0, 0.1) is 0 Å². The van der Waals surface area contributed by atoms with Crippen LogP contribution in [-0.4, -0.2) is 27.1 Å². The number of aliphatic hydroxyl groups excluding tert-OH is 2. The van der Waals surface area contributed by atoms with E-state index < -0.39 is 12.2 Å². The summed E-state index contributed by atoms with van der Waals surface area (Å²) in [5.41, 5.74) is 5.91. The molecule has 4 N–H and O–H groups in total. The first-order chi connectivity index (χ1) is 7.06. The van der Waals surface area contributed by atoms with Gasteiger partial charge in [0.2, 0.25) is 0 Å². The van der Waals surface area contributed by atoms with Crippen LogP contribution in [0.3, 0.4) is 0 Å². The maximum atomic E-state index is 9.76. The van der Waals surface area contributed by atoms with Crippen LogP contribution in [0.5, 0.6) is 0 Å². The summed E-state index contributed by atoms with van der Waals surface area (Å²) < 4.78 is 0. The minimum atomic E-state index is -1.08. The fourth-order valence-corrected chi connectivity index (χ4v) is 1.63. The number of aliphatic hydroxyl groups is 2. The fraction of sp³-hybridized carbons (Fsp3) is 0.444. The molecule has 0 aliphatic heterocycles. The summed E-state index contributed by atoms with van der Waals surface area (Å²) in [6, 6.07) is 1.50. The lowest BCUT2D eigenvalue weighted by atomic mass is 10.0. The lowest BCUT2D eigenvalue weighted by Crippen LogP contribution is -2.20. The highest BCUT2D eigenvalue weighted by atomic mass is 35.5. The second kappa shape index (κ2) is 5.55. The summed E-state index contributed by atoms with van der Waals surface area (Å²) in [4.78, 5) is 3.80. The predicted molar refractivity (Wildman–Crippen MR) is 63.1 cm³/mol. The van der Waals surface area contributed by atoms with Crippen molar-refractivity contribution in [3.8, 4) is 0 Å². The van der Waals surface area contributed by atoms with E-state index in [0.717, 1.165) is 0 Å². The third kappa shape index (κ3) is 3.24. The minimum Gasteiger partial charge on any atom is -0.390 e. The van der Waals surface area contributed by atoms with E-state index in [1.165, 1.54) is 12.3 Å². The number of rotatable bonds is 4. The molecule has 1 heterocycles. The Bertz CT molecular complexity index is 338. The Balaban J connectivity index is 2.89. The number of anilines is 1. The van der Waals surface area contributed by atoms with E-state index in [0.29, 0.717) is 22.8 Å². The van der Waals surface area contributed by atoms with Crippen molar-refractivity contribution >= 4 is 30.0 Å². The first kappa shape index (κ1) is 12.6. The van der Waals surface area contributed by atoms with Crippen molar-refractivity contribution in [1.82, 2.24) is 4.98 Å². The molecule has 0 saturated carbocycles. The molecule has 0 bridgehead atoms. The van der Waals surface area contributed by atoms with Gasteiger partial charge in [0.1, 0.15) is 11.9 Å². The van der Waals surface area contributed by atoms with Gasteiger partial charge in [-0.25, -0.2) is 4.98 Å². The van der Waals surface area contributed by atoms with E-state index in [9.17, 15) is 10.2 Å². The number of thiol groups is 1. The summed E-state index contributed by atoms with van der Waals surface area (Å²) in [5, 5.41) is 19.7. The van der Waals surface area contributed by atoms with E-state index in [-0.39, 0.29) is 5.82 Å². The van der Waals surface area contributed by atoms with Gasteiger partial charge < -0.3 is 15.9 Å². The lowest BCUT2D eigenvalue weighted by molar-refractivity contribution is 0.0175. The van der Waals surface area contributed by atoms with Crippen LogP contribution in [-0.2, 0) is 0 Å². The molecule has 84 valence electrons. The Hall–Kier alpha value is -0.490. The maximum Gasteiger partial charge on any atom is 0.129 e. The van der Waals surface area contributed by atoms with Crippen molar-refractivity contribution < 1.29 is 10.2 Å². The molecular formula is C9H13ClN2O2S. The zero-order chi connectivity index (χ0) is 11.4. The van der Waals surface area contributed by atoms with Crippen LogP contribution in [0.25, 0.3) is 0 Å². The highest BCUT2D eigenvalue weighted by molar-refractivity contribution is 7.80. The molecule has 0 aromatic carbocycles. The van der Waals surface area contributed by atoms with Crippen LogP contribution in [0.4, 0.5) is 5.82 Å². The van der Waals surface area contributed by atoms with Crippen LogP contribution in [0.15, 0.2) is 12.3 Å². The molecule has 0 aliphatic rings. The number of nitrogen functional groups attached to an aromatic ring is 1. The molecule has 15 heavy (non-hydrogen) atoms. The molecule has 0 aliphatic carbocycles. The molecule has 6 heteroatoms. The third-order valence-corrected chi connectivity index (χ3v) is 2.49. The number of halogens is 1. The SMILES string of the molecule is Nc1ncc(Cl)cc1C(O)C(O)CCS. The summed E-state index contributed by atoms with van der Waals surface area (Å²) in [5.74, 6) is 0.650. The Morgan fingerprint density at radius 1 is 1.53 bits per heavy atom. The smallest absolute Gasteiger partial charge is 0.129 e. The van der Waals surface area contributed by atoms with Crippen LogP contribution < -0.4 is 5.73 Å². The molecule has 0 radical (unpaired) electrons. The summed E-state index contributed by atoms with van der Waals surface area (Å²) >= 11 is 9.69. The standard InChI is InChI=1S/C9H13ClN2O2S/c10-5-3-6(9(11)12-4-5)8(14)7(13)1-2-15/h3-4,7-8,13-15H,1-2H2,(H2,11,12). The topological polar surface area (TPSA) is 79.4 Å². The first-order valence-electron chi connectivity index (χ1n) is 4.44. The highest BCUT2D eigenvalue weighted by Gasteiger charge is 2.20. The Kier molecular flexibility index (Phi) is 4.66. The molecule has 2 unspecified atom stereocenters. The van der Waals surface area contributed by atoms with E-state index in [1.807, 2.05) is 0 Å². The Morgan fingerprint density at radius 2 is 2.20 bits per heavy atom. The number of hydrogen-bond donors (Lipinski definition) is 4. The first-order valence-corrected chi connectivity index (χ1v) is 5.45. The van der Waals surface area contributed by atoms with Gasteiger partial charge in [-0.1, -0.05) is 11.6 Å². The number of pyridine rings is 1. The molecule has 0 amide bonds. The summed E-state index contributed by atoms with van der Waals surface area (Å²) in [6.45, 7) is 0. The number of hydrogen-bond acceptors (Lipinski definition) is 5. The molecule has 1 aromatic heterocycles. The molecule has 2 atom stereocenters. The second-order valence-electron chi connectivity index (χ2n) is 3.15. The average molecular weight is 249 g/mol. The van der Waals surface area contributed by atoms with Gasteiger partial charge in [0, 0.05) is 11.8 Å². The summed E-state index contributed by atoms with van der Waals surface area (Å²) in [7, 11) is 0. The van der Waals surface area contributed by atoms with Crippen LogP contribution in [0.2, 0.25) is 5.02 Å². The average Bonchev–Trinajstić information content (AvgIpc) is 2.21. The van der Waals surface area contributed by atoms with Crippen molar-refractivity contribution in [3.63, 3.8) is 0 Å². The maximum absolute atomic E-state index is 9.76. The Morgan fingerprint density at radius 3 is 2.80 bits per heavy atom. The van der Waals surface area contributed by atoms with Crippen molar-refractivity contribution in [2.45, 2.75) is 18.6 Å². The number of nitrogens with zero attached hydrogens (tertiary/aromatic N) is 1. The normalized spacial score (nSPS) is 14.9. The van der Waals surface area contributed by atoms with E-state index in [2.05, 4.69) is 17.6 Å². The fourth-order valence-electron chi connectivity index (χ4n) is 1.20. The zero-order valence-electron chi connectivity index (χ0n) is 7.97. The molecule has 0 saturated heterocycles. The van der Waals surface area contributed by atoms with Crippen molar-refractivity contribution in [3.05, 3.63) is 22.8 Å². The number of aromatic nitrogens is 1. The van der Waals surface area contributed by atoms with Gasteiger partial charge in [0.25, 0.3) is 0 Å². The predicted octanol–water partition coefficient (Wildman–Crippen LogP) is 1.03. The van der Waals surface area contributed by atoms with Gasteiger partial charge in [-0.2, -0.15) is 12.6 Å². The van der Waals surface area contributed by atoms with Crippen LogP contribution in [0.1, 0.15) is 18.1 Å². The largest absolute Gasteiger partial charge is 0.390 e. The third-order valence-electron chi connectivity index (χ3n) is 2.02. The zero-order valence-corrected chi connectivity index (χ0v) is 9.62. The van der Waals surface area contributed by atoms with E-state index in [1.54, 1.807) is 0 Å². The molecule has 0 spiro atoms. The van der Waals surface area contributed by atoms with Gasteiger partial charge in [0.05, 0.1) is 11.1 Å². The van der Waals surface area contributed by atoms with Gasteiger partial charge in [0.15, 0.2) is 0 Å². The molecule has 1 rings (SSSR count). The number of nitrogens with two attached hydrogens (primary N) is 1. The quantitative estimate of drug-likeness (QED) is 0.600. The van der Waals surface area contributed by atoms with E-state index >= 15 is 0 Å². The molecular weight excluding hydrogens is 236 g/mol. The molecule has 4 nitrogen and oxygen atoms in total. The summed E-state index contributed by atoms with van der Waals surface area (Å²) in [6.07, 6.45) is -0.234. The van der Waals surface area contributed by atoms with Gasteiger partial charge in [-0.05, 0) is 18.2 Å². The molecule has 0 fully saturated rings. The highest BCUT2D eigenvalue weighted by Crippen LogP contribution is 2.25. The van der Waals surface area contributed by atoms with Gasteiger partial charge in [-0.15, -0.1) is 0 Å². The lowest BCUT2D eigenvalue weighted by Gasteiger charge is -2.18. The van der Waals surface area contributed by atoms with Crippen molar-refractivity contribution in [2.75, 3.05) is 11.5 Å². The molecule has 1 aromatic rings. The van der Waals surface area contributed by atoms with Gasteiger partial charge in [-0.3, -0.25) is 0 Å². The second-order valence-corrected chi connectivity index (χ2v) is 4.04. The van der Waals surface area contributed by atoms with Crippen molar-refractivity contribution in [1.29, 1.82) is 0 Å².